The van der Waals surface area contributed by atoms with E-state index in [9.17, 15) is 0 Å². The number of anilines is 1. The molecule has 102 valence electrons. The van der Waals surface area contributed by atoms with E-state index in [1.54, 1.807) is 20.3 Å². The molecule has 1 N–H and O–H groups in total. The highest BCUT2D eigenvalue weighted by molar-refractivity contribution is 5.38. The molecule has 0 aliphatic rings. The Morgan fingerprint density at radius 3 is 2.72 bits per heavy atom. The average Bonchev–Trinajstić information content (AvgIpc) is 2.35. The van der Waals surface area contributed by atoms with Crippen LogP contribution in [0.1, 0.15) is 19.2 Å². The number of hydrogen-bond acceptors (Lipinski definition) is 6. The summed E-state index contributed by atoms with van der Waals surface area (Å²) < 4.78 is 15.4. The lowest BCUT2D eigenvalue weighted by Gasteiger charge is -2.09. The Hall–Kier alpha value is -1.40. The normalized spacial score (nSPS) is 10.4. The predicted molar refractivity (Wildman–Crippen MR) is 68.9 cm³/mol. The van der Waals surface area contributed by atoms with Gasteiger partial charge in [-0.05, 0) is 13.3 Å². The van der Waals surface area contributed by atoms with Gasteiger partial charge in [-0.15, -0.1) is 0 Å². The Balaban J connectivity index is 2.63. The molecule has 0 fully saturated rings. The molecular weight excluding hydrogens is 234 g/mol. The van der Waals surface area contributed by atoms with Crippen molar-refractivity contribution < 1.29 is 14.2 Å². The van der Waals surface area contributed by atoms with Crippen LogP contribution >= 0.6 is 0 Å². The van der Waals surface area contributed by atoms with Gasteiger partial charge in [0.25, 0.3) is 0 Å². The molecule has 0 aliphatic carbocycles. The quantitative estimate of drug-likeness (QED) is 0.674. The SMILES string of the molecule is CCOc1cc(NCCCOC)nc(COC)n1. The molecule has 0 aromatic carbocycles. The van der Waals surface area contributed by atoms with Crippen molar-refractivity contribution in [3.05, 3.63) is 11.9 Å². The van der Waals surface area contributed by atoms with Crippen LogP contribution < -0.4 is 10.1 Å². The number of nitrogens with zero attached hydrogens (tertiary/aromatic N) is 2. The molecule has 0 amide bonds. The first-order valence-electron chi connectivity index (χ1n) is 6.02. The third-order valence-corrected chi connectivity index (χ3v) is 2.15. The second kappa shape index (κ2) is 8.66. The van der Waals surface area contributed by atoms with Crippen LogP contribution in [0.5, 0.6) is 5.88 Å². The number of aromatic nitrogens is 2. The fourth-order valence-corrected chi connectivity index (χ4v) is 1.41. The fraction of sp³-hybridized carbons (Fsp3) is 0.667. The van der Waals surface area contributed by atoms with E-state index in [1.165, 1.54) is 0 Å². The first-order valence-corrected chi connectivity index (χ1v) is 6.02. The van der Waals surface area contributed by atoms with Crippen molar-refractivity contribution in [3.8, 4) is 5.88 Å². The summed E-state index contributed by atoms with van der Waals surface area (Å²) in [6.45, 7) is 4.38. The summed E-state index contributed by atoms with van der Waals surface area (Å²) in [7, 11) is 3.30. The van der Waals surface area contributed by atoms with Gasteiger partial charge in [0.15, 0.2) is 5.82 Å². The second-order valence-corrected chi connectivity index (χ2v) is 3.65. The lowest BCUT2D eigenvalue weighted by Crippen LogP contribution is -2.09. The third-order valence-electron chi connectivity index (χ3n) is 2.15. The molecule has 0 atom stereocenters. The van der Waals surface area contributed by atoms with Crippen LogP contribution in [-0.2, 0) is 16.1 Å². The summed E-state index contributed by atoms with van der Waals surface area (Å²) in [4.78, 5) is 8.57. The maximum absolute atomic E-state index is 5.39. The fourth-order valence-electron chi connectivity index (χ4n) is 1.41. The molecule has 1 rings (SSSR count). The Bertz CT molecular complexity index is 323. The van der Waals surface area contributed by atoms with Crippen molar-refractivity contribution in [2.45, 2.75) is 20.0 Å². The molecule has 0 radical (unpaired) electrons. The zero-order valence-electron chi connectivity index (χ0n) is 11.2. The van der Waals surface area contributed by atoms with E-state index in [4.69, 9.17) is 14.2 Å². The van der Waals surface area contributed by atoms with Crippen LogP contribution in [0.4, 0.5) is 5.82 Å². The van der Waals surface area contributed by atoms with E-state index in [0.29, 0.717) is 24.9 Å². The lowest BCUT2D eigenvalue weighted by molar-refractivity contribution is 0.176. The minimum Gasteiger partial charge on any atom is -0.478 e. The van der Waals surface area contributed by atoms with Crippen LogP contribution in [-0.4, -0.2) is 43.9 Å². The van der Waals surface area contributed by atoms with Crippen LogP contribution in [0.2, 0.25) is 0 Å². The van der Waals surface area contributed by atoms with Crippen molar-refractivity contribution in [1.82, 2.24) is 9.97 Å². The molecule has 0 saturated heterocycles. The zero-order valence-corrected chi connectivity index (χ0v) is 11.2. The maximum Gasteiger partial charge on any atom is 0.218 e. The van der Waals surface area contributed by atoms with E-state index >= 15 is 0 Å². The predicted octanol–water partition coefficient (Wildman–Crippen LogP) is 1.47. The van der Waals surface area contributed by atoms with Crippen molar-refractivity contribution in [2.75, 3.05) is 39.3 Å². The van der Waals surface area contributed by atoms with Gasteiger partial charge in [0.2, 0.25) is 5.88 Å². The van der Waals surface area contributed by atoms with E-state index in [1.807, 2.05) is 6.92 Å². The molecule has 6 nitrogen and oxygen atoms in total. The van der Waals surface area contributed by atoms with Gasteiger partial charge < -0.3 is 19.5 Å². The van der Waals surface area contributed by atoms with E-state index in [0.717, 1.165) is 25.4 Å². The Labute approximate surface area is 108 Å². The molecule has 0 spiro atoms. The van der Waals surface area contributed by atoms with Gasteiger partial charge in [0.05, 0.1) is 6.61 Å². The molecule has 1 aromatic heterocycles. The first-order chi connectivity index (χ1) is 8.80. The van der Waals surface area contributed by atoms with Crippen LogP contribution in [0, 0.1) is 0 Å². The van der Waals surface area contributed by atoms with Crippen molar-refractivity contribution in [3.63, 3.8) is 0 Å². The van der Waals surface area contributed by atoms with Gasteiger partial charge in [-0.25, -0.2) is 4.98 Å². The maximum atomic E-state index is 5.39. The van der Waals surface area contributed by atoms with Crippen LogP contribution in [0.15, 0.2) is 6.07 Å². The molecule has 0 unspecified atom stereocenters. The topological polar surface area (TPSA) is 65.5 Å². The Morgan fingerprint density at radius 1 is 1.22 bits per heavy atom. The molecule has 1 heterocycles. The average molecular weight is 255 g/mol. The molecule has 6 heteroatoms. The molecule has 0 bridgehead atoms. The highest BCUT2D eigenvalue weighted by Crippen LogP contribution is 2.14. The number of nitrogens with one attached hydrogen (secondary N) is 1. The third kappa shape index (κ3) is 5.29. The zero-order chi connectivity index (χ0) is 13.2. The van der Waals surface area contributed by atoms with Gasteiger partial charge >= 0.3 is 0 Å². The lowest BCUT2D eigenvalue weighted by atomic mass is 10.4. The monoisotopic (exact) mass is 255 g/mol. The number of methoxy groups -OCH3 is 2. The van der Waals surface area contributed by atoms with E-state index in [-0.39, 0.29) is 0 Å². The number of ether oxygens (including phenoxy) is 3. The summed E-state index contributed by atoms with van der Waals surface area (Å²) >= 11 is 0. The minimum absolute atomic E-state index is 0.369. The molecule has 0 aliphatic heterocycles. The molecular formula is C12H21N3O3. The highest BCUT2D eigenvalue weighted by Gasteiger charge is 2.05. The number of rotatable bonds is 9. The number of hydrogen-bond donors (Lipinski definition) is 1. The highest BCUT2D eigenvalue weighted by atomic mass is 16.5. The molecule has 18 heavy (non-hydrogen) atoms. The Morgan fingerprint density at radius 2 is 2.06 bits per heavy atom. The van der Waals surface area contributed by atoms with Crippen molar-refractivity contribution in [1.29, 1.82) is 0 Å². The molecule has 0 saturated carbocycles. The standard InChI is InChI=1S/C12H21N3O3/c1-4-18-12-8-10(13-6-5-7-16-2)14-11(15-12)9-17-3/h8H,4-7,9H2,1-3H3,(H,13,14,15). The summed E-state index contributed by atoms with van der Waals surface area (Å²) in [5.74, 6) is 1.92. The van der Waals surface area contributed by atoms with Gasteiger partial charge in [0, 0.05) is 33.4 Å². The Kier molecular flexibility index (Phi) is 7.05. The summed E-state index contributed by atoms with van der Waals surface area (Å²) in [5.41, 5.74) is 0. The van der Waals surface area contributed by atoms with Crippen LogP contribution in [0.3, 0.4) is 0 Å². The van der Waals surface area contributed by atoms with Crippen LogP contribution in [0.25, 0.3) is 0 Å². The largest absolute Gasteiger partial charge is 0.478 e. The summed E-state index contributed by atoms with van der Waals surface area (Å²) in [6.07, 6.45) is 0.921. The second-order valence-electron chi connectivity index (χ2n) is 3.65. The smallest absolute Gasteiger partial charge is 0.218 e. The van der Waals surface area contributed by atoms with Gasteiger partial charge in [-0.2, -0.15) is 4.98 Å². The summed E-state index contributed by atoms with van der Waals surface area (Å²) in [6, 6.07) is 1.79. The van der Waals surface area contributed by atoms with Gasteiger partial charge in [0.1, 0.15) is 12.4 Å². The van der Waals surface area contributed by atoms with E-state index < -0.39 is 0 Å². The van der Waals surface area contributed by atoms with Gasteiger partial charge in [-0.3, -0.25) is 0 Å². The molecule has 1 aromatic rings. The van der Waals surface area contributed by atoms with Crippen molar-refractivity contribution in [2.24, 2.45) is 0 Å². The van der Waals surface area contributed by atoms with Crippen molar-refractivity contribution >= 4 is 5.82 Å². The summed E-state index contributed by atoms with van der Waals surface area (Å²) in [5, 5.41) is 3.21. The van der Waals surface area contributed by atoms with Gasteiger partial charge in [-0.1, -0.05) is 0 Å². The minimum atomic E-state index is 0.369. The first kappa shape index (κ1) is 14.7. The van der Waals surface area contributed by atoms with E-state index in [2.05, 4.69) is 15.3 Å².